The van der Waals surface area contributed by atoms with Crippen molar-refractivity contribution in [1.82, 2.24) is 15.0 Å². The molecule has 2 heterocycles. The Balaban J connectivity index is 1.29. The van der Waals surface area contributed by atoms with Crippen LogP contribution in [0.3, 0.4) is 0 Å². The number of ether oxygens (including phenoxy) is 2. The highest BCUT2D eigenvalue weighted by Gasteiger charge is 2.26. The van der Waals surface area contributed by atoms with E-state index in [1.807, 2.05) is 18.2 Å². The molecule has 1 saturated heterocycles. The van der Waals surface area contributed by atoms with Crippen molar-refractivity contribution in [2.45, 2.75) is 19.4 Å². The van der Waals surface area contributed by atoms with Crippen LogP contribution in [-0.4, -0.2) is 48.3 Å². The van der Waals surface area contributed by atoms with Crippen LogP contribution >= 0.6 is 11.6 Å². The molecule has 0 aliphatic carbocycles. The molecule has 1 aliphatic heterocycles. The van der Waals surface area contributed by atoms with Gasteiger partial charge in [0, 0.05) is 28.3 Å². The SMILES string of the molecule is COc1ccc(NC(=O)C2CCN(Cc3nc(-c4ccc(Cl)cc4)no3)CC2)cc1OC. The Labute approximate surface area is 191 Å². The van der Waals surface area contributed by atoms with Gasteiger partial charge in [-0.3, -0.25) is 9.69 Å². The number of carbonyl (C=O) groups excluding carboxylic acids is 1. The van der Waals surface area contributed by atoms with Crippen LogP contribution in [0, 0.1) is 5.92 Å². The highest BCUT2D eigenvalue weighted by molar-refractivity contribution is 6.30. The average molecular weight is 457 g/mol. The van der Waals surface area contributed by atoms with Gasteiger partial charge in [0.1, 0.15) is 0 Å². The minimum Gasteiger partial charge on any atom is -0.493 e. The van der Waals surface area contributed by atoms with E-state index in [4.69, 9.17) is 25.6 Å². The van der Waals surface area contributed by atoms with Crippen molar-refractivity contribution in [3.05, 3.63) is 53.4 Å². The monoisotopic (exact) mass is 456 g/mol. The van der Waals surface area contributed by atoms with Crippen LogP contribution in [0.25, 0.3) is 11.4 Å². The lowest BCUT2D eigenvalue weighted by Gasteiger charge is -2.30. The van der Waals surface area contributed by atoms with Gasteiger partial charge in [-0.25, -0.2) is 0 Å². The molecule has 0 bridgehead atoms. The summed E-state index contributed by atoms with van der Waals surface area (Å²) >= 11 is 5.93. The van der Waals surface area contributed by atoms with E-state index in [0.29, 0.717) is 40.5 Å². The van der Waals surface area contributed by atoms with Crippen molar-refractivity contribution in [2.24, 2.45) is 5.92 Å². The van der Waals surface area contributed by atoms with Crippen LogP contribution < -0.4 is 14.8 Å². The van der Waals surface area contributed by atoms with Gasteiger partial charge in [0.15, 0.2) is 11.5 Å². The Morgan fingerprint density at radius 3 is 2.53 bits per heavy atom. The van der Waals surface area contributed by atoms with E-state index in [0.717, 1.165) is 31.5 Å². The van der Waals surface area contributed by atoms with Crippen molar-refractivity contribution >= 4 is 23.2 Å². The molecule has 0 spiro atoms. The first-order chi connectivity index (χ1) is 15.6. The number of methoxy groups -OCH3 is 2. The number of carbonyl (C=O) groups is 1. The minimum atomic E-state index is -0.0494. The summed E-state index contributed by atoms with van der Waals surface area (Å²) in [6.45, 7) is 2.12. The number of amides is 1. The summed E-state index contributed by atoms with van der Waals surface area (Å²) in [7, 11) is 3.15. The molecule has 32 heavy (non-hydrogen) atoms. The van der Waals surface area contributed by atoms with Crippen molar-refractivity contribution in [3.8, 4) is 22.9 Å². The predicted octanol–water partition coefficient (Wildman–Crippen LogP) is 4.26. The predicted molar refractivity (Wildman–Crippen MR) is 121 cm³/mol. The molecule has 4 rings (SSSR count). The van der Waals surface area contributed by atoms with E-state index in [9.17, 15) is 4.79 Å². The summed E-state index contributed by atoms with van der Waals surface area (Å²) in [4.78, 5) is 19.4. The number of benzene rings is 2. The van der Waals surface area contributed by atoms with Crippen molar-refractivity contribution in [3.63, 3.8) is 0 Å². The van der Waals surface area contributed by atoms with Gasteiger partial charge in [0.25, 0.3) is 0 Å². The Kier molecular flexibility index (Phi) is 6.92. The van der Waals surface area contributed by atoms with Gasteiger partial charge in [-0.15, -0.1) is 0 Å². The molecule has 0 saturated carbocycles. The van der Waals surface area contributed by atoms with Crippen LogP contribution in [-0.2, 0) is 11.3 Å². The van der Waals surface area contributed by atoms with E-state index in [1.54, 1.807) is 38.5 Å². The molecule has 9 heteroatoms. The summed E-state index contributed by atoms with van der Waals surface area (Å²) in [5.41, 5.74) is 1.55. The zero-order valence-corrected chi connectivity index (χ0v) is 18.8. The number of piperidine rings is 1. The smallest absolute Gasteiger partial charge is 0.241 e. The quantitative estimate of drug-likeness (QED) is 0.568. The largest absolute Gasteiger partial charge is 0.493 e. The van der Waals surface area contributed by atoms with Gasteiger partial charge in [-0.1, -0.05) is 16.8 Å². The first-order valence-corrected chi connectivity index (χ1v) is 10.8. The summed E-state index contributed by atoms with van der Waals surface area (Å²) in [6.07, 6.45) is 1.52. The van der Waals surface area contributed by atoms with Crippen LogP contribution in [0.5, 0.6) is 11.5 Å². The zero-order chi connectivity index (χ0) is 22.5. The van der Waals surface area contributed by atoms with Crippen LogP contribution in [0.4, 0.5) is 5.69 Å². The molecule has 8 nitrogen and oxygen atoms in total. The van der Waals surface area contributed by atoms with Gasteiger partial charge in [-0.2, -0.15) is 4.98 Å². The normalized spacial score (nSPS) is 14.8. The number of hydrogen-bond acceptors (Lipinski definition) is 7. The fraction of sp³-hybridized carbons (Fsp3) is 0.348. The highest BCUT2D eigenvalue weighted by Crippen LogP contribution is 2.30. The molecule has 0 atom stereocenters. The molecule has 1 fully saturated rings. The summed E-state index contributed by atoms with van der Waals surface area (Å²) in [6, 6.07) is 12.7. The standard InChI is InChI=1S/C23H25ClN4O4/c1-30-19-8-7-18(13-20(19)31-2)25-23(29)16-9-11-28(12-10-16)14-21-26-22(27-32-21)15-3-5-17(24)6-4-15/h3-8,13,16H,9-12,14H2,1-2H3,(H,25,29). The van der Waals surface area contributed by atoms with Crippen LogP contribution in [0.15, 0.2) is 47.0 Å². The Hall–Kier alpha value is -3.10. The molecule has 1 aliphatic rings. The summed E-state index contributed by atoms with van der Waals surface area (Å²) < 4.78 is 15.9. The number of halogens is 1. The van der Waals surface area contributed by atoms with Crippen molar-refractivity contribution in [2.75, 3.05) is 32.6 Å². The number of hydrogen-bond donors (Lipinski definition) is 1. The van der Waals surface area contributed by atoms with E-state index >= 15 is 0 Å². The lowest BCUT2D eigenvalue weighted by molar-refractivity contribution is -0.121. The molecule has 1 amide bonds. The van der Waals surface area contributed by atoms with Gasteiger partial charge >= 0.3 is 0 Å². The van der Waals surface area contributed by atoms with Crippen molar-refractivity contribution in [1.29, 1.82) is 0 Å². The maximum atomic E-state index is 12.7. The number of likely N-dealkylation sites (tertiary alicyclic amines) is 1. The molecule has 1 N–H and O–H groups in total. The number of anilines is 1. The molecule has 3 aromatic rings. The third-order valence-corrected chi connectivity index (χ3v) is 5.79. The second-order valence-electron chi connectivity index (χ2n) is 7.63. The molecule has 1 aromatic heterocycles. The number of nitrogens with one attached hydrogen (secondary N) is 1. The number of aromatic nitrogens is 2. The molecule has 2 aromatic carbocycles. The third-order valence-electron chi connectivity index (χ3n) is 5.54. The summed E-state index contributed by atoms with van der Waals surface area (Å²) in [5, 5.41) is 7.71. The second kappa shape index (κ2) is 10.0. The van der Waals surface area contributed by atoms with Gasteiger partial charge in [0.05, 0.1) is 20.8 Å². The topological polar surface area (TPSA) is 89.7 Å². The van der Waals surface area contributed by atoms with E-state index in [2.05, 4.69) is 20.4 Å². The minimum absolute atomic E-state index is 0.0136. The fourth-order valence-corrected chi connectivity index (χ4v) is 3.86. The second-order valence-corrected chi connectivity index (χ2v) is 8.06. The molecule has 0 unspecified atom stereocenters. The average Bonchev–Trinajstić information content (AvgIpc) is 3.28. The van der Waals surface area contributed by atoms with E-state index in [-0.39, 0.29) is 11.8 Å². The number of rotatable bonds is 7. The maximum absolute atomic E-state index is 12.7. The third kappa shape index (κ3) is 5.20. The first-order valence-electron chi connectivity index (χ1n) is 10.4. The van der Waals surface area contributed by atoms with Crippen LogP contribution in [0.2, 0.25) is 5.02 Å². The Bertz CT molecular complexity index is 1060. The molecule has 168 valence electrons. The lowest BCUT2D eigenvalue weighted by atomic mass is 9.96. The Morgan fingerprint density at radius 2 is 1.84 bits per heavy atom. The zero-order valence-electron chi connectivity index (χ0n) is 18.0. The van der Waals surface area contributed by atoms with Crippen LogP contribution in [0.1, 0.15) is 18.7 Å². The van der Waals surface area contributed by atoms with Crippen molar-refractivity contribution < 1.29 is 18.8 Å². The number of nitrogens with zero attached hydrogens (tertiary/aromatic N) is 3. The fourth-order valence-electron chi connectivity index (χ4n) is 3.74. The Morgan fingerprint density at radius 1 is 1.12 bits per heavy atom. The molecule has 0 radical (unpaired) electrons. The first kappa shape index (κ1) is 22.1. The highest BCUT2D eigenvalue weighted by atomic mass is 35.5. The van der Waals surface area contributed by atoms with E-state index < -0.39 is 0 Å². The van der Waals surface area contributed by atoms with Gasteiger partial charge in [-0.05, 0) is 62.3 Å². The molecular formula is C23H25ClN4O4. The summed E-state index contributed by atoms with van der Waals surface area (Å²) in [5.74, 6) is 2.27. The molecular weight excluding hydrogens is 432 g/mol. The van der Waals surface area contributed by atoms with Gasteiger partial charge in [0.2, 0.25) is 17.6 Å². The lowest BCUT2D eigenvalue weighted by Crippen LogP contribution is -2.37. The maximum Gasteiger partial charge on any atom is 0.241 e. The van der Waals surface area contributed by atoms with Gasteiger partial charge < -0.3 is 19.3 Å². The van der Waals surface area contributed by atoms with E-state index in [1.165, 1.54) is 0 Å².